The van der Waals surface area contributed by atoms with Crippen LogP contribution in [0.15, 0.2) is 18.5 Å². The van der Waals surface area contributed by atoms with E-state index in [0.717, 1.165) is 28.4 Å². The molecule has 0 N–H and O–H groups in total. The first kappa shape index (κ1) is 15.5. The molecular formula is C17H22N4O2. The zero-order valence-corrected chi connectivity index (χ0v) is 14.0. The lowest BCUT2D eigenvalue weighted by molar-refractivity contribution is -0.122. The summed E-state index contributed by atoms with van der Waals surface area (Å²) in [4.78, 5) is 18.8. The highest BCUT2D eigenvalue weighted by molar-refractivity contribution is 5.96. The lowest BCUT2D eigenvalue weighted by atomic mass is 9.98. The number of aromatic nitrogens is 3. The minimum Gasteiger partial charge on any atom is -0.489 e. The van der Waals surface area contributed by atoms with Crippen LogP contribution in [-0.4, -0.2) is 33.8 Å². The lowest BCUT2D eigenvalue weighted by Crippen LogP contribution is -2.41. The summed E-state index contributed by atoms with van der Waals surface area (Å²) in [6, 6.07) is 1.80. The van der Waals surface area contributed by atoms with Crippen molar-refractivity contribution in [3.63, 3.8) is 0 Å². The number of carbonyl (C=O) groups excluding carboxylic acids is 1. The van der Waals surface area contributed by atoms with Crippen molar-refractivity contribution < 1.29 is 9.53 Å². The van der Waals surface area contributed by atoms with Gasteiger partial charge < -0.3 is 9.64 Å². The molecule has 6 nitrogen and oxygen atoms in total. The molecule has 122 valence electrons. The van der Waals surface area contributed by atoms with Crippen LogP contribution in [0.25, 0.3) is 0 Å². The van der Waals surface area contributed by atoms with Crippen LogP contribution in [0.1, 0.15) is 23.9 Å². The van der Waals surface area contributed by atoms with Crippen molar-refractivity contribution >= 4 is 11.6 Å². The Kier molecular flexibility index (Phi) is 4.07. The Morgan fingerprint density at radius 2 is 2.22 bits per heavy atom. The van der Waals surface area contributed by atoms with Gasteiger partial charge in [-0.15, -0.1) is 0 Å². The molecule has 0 radical (unpaired) electrons. The van der Waals surface area contributed by atoms with Crippen LogP contribution in [0.2, 0.25) is 0 Å². The Morgan fingerprint density at radius 1 is 1.43 bits per heavy atom. The van der Waals surface area contributed by atoms with Gasteiger partial charge in [0.05, 0.1) is 18.4 Å². The molecule has 1 atom stereocenters. The fraction of sp³-hybridized carbons (Fsp3) is 0.471. The molecule has 0 unspecified atom stereocenters. The number of aryl methyl sites for hydroxylation is 2. The molecule has 1 aliphatic rings. The minimum atomic E-state index is -0.122. The second-order valence-electron chi connectivity index (χ2n) is 6.06. The van der Waals surface area contributed by atoms with Gasteiger partial charge in [0.1, 0.15) is 18.0 Å². The van der Waals surface area contributed by atoms with Crippen molar-refractivity contribution in [1.29, 1.82) is 0 Å². The van der Waals surface area contributed by atoms with Crippen LogP contribution in [0.3, 0.4) is 0 Å². The number of hydrogen-bond acceptors (Lipinski definition) is 4. The average molecular weight is 314 g/mol. The third kappa shape index (κ3) is 2.81. The van der Waals surface area contributed by atoms with Crippen molar-refractivity contribution in [3.05, 3.63) is 35.4 Å². The topological polar surface area (TPSA) is 60.2 Å². The zero-order valence-electron chi connectivity index (χ0n) is 14.0. The number of fused-ring (bicyclic) bond motifs is 1. The second-order valence-corrected chi connectivity index (χ2v) is 6.06. The summed E-state index contributed by atoms with van der Waals surface area (Å²) in [6.07, 6.45) is 4.07. The first-order valence-corrected chi connectivity index (χ1v) is 7.86. The first-order valence-electron chi connectivity index (χ1n) is 7.86. The molecule has 0 saturated carbocycles. The molecule has 6 heteroatoms. The summed E-state index contributed by atoms with van der Waals surface area (Å²) in [5, 5.41) is 4.43. The monoisotopic (exact) mass is 314 g/mol. The van der Waals surface area contributed by atoms with Gasteiger partial charge in [-0.2, -0.15) is 5.10 Å². The third-order valence-corrected chi connectivity index (χ3v) is 4.48. The highest BCUT2D eigenvalue weighted by atomic mass is 16.5. The van der Waals surface area contributed by atoms with E-state index in [-0.39, 0.29) is 11.8 Å². The number of anilines is 1. The molecule has 0 fully saturated rings. The quantitative estimate of drug-likeness (QED) is 0.870. The Hall–Kier alpha value is -2.37. The summed E-state index contributed by atoms with van der Waals surface area (Å²) < 4.78 is 7.47. The van der Waals surface area contributed by atoms with Crippen molar-refractivity contribution in [3.8, 4) is 5.75 Å². The van der Waals surface area contributed by atoms with Crippen LogP contribution in [0.5, 0.6) is 5.75 Å². The highest BCUT2D eigenvalue weighted by Crippen LogP contribution is 2.31. The maximum absolute atomic E-state index is 12.9. The van der Waals surface area contributed by atoms with Crippen molar-refractivity contribution in [1.82, 2.24) is 14.8 Å². The lowest BCUT2D eigenvalue weighted by Gasteiger charge is -2.31. The van der Waals surface area contributed by atoms with Gasteiger partial charge in [-0.05, 0) is 25.8 Å². The van der Waals surface area contributed by atoms with E-state index in [1.807, 2.05) is 32.5 Å². The van der Waals surface area contributed by atoms with Gasteiger partial charge in [-0.1, -0.05) is 6.92 Å². The SMILES string of the molecule is Cc1nn(C)c(C)c1C[C@@H](C)C(=O)N1CCOc2ccncc21. The smallest absolute Gasteiger partial charge is 0.230 e. The molecule has 3 rings (SSSR count). The molecule has 23 heavy (non-hydrogen) atoms. The molecule has 2 aromatic rings. The summed E-state index contributed by atoms with van der Waals surface area (Å²) in [5.74, 6) is 0.702. The molecule has 2 aromatic heterocycles. The van der Waals surface area contributed by atoms with E-state index in [9.17, 15) is 4.79 Å². The summed E-state index contributed by atoms with van der Waals surface area (Å²) >= 11 is 0. The van der Waals surface area contributed by atoms with Crippen LogP contribution in [-0.2, 0) is 18.3 Å². The average Bonchev–Trinajstić information content (AvgIpc) is 2.80. The Morgan fingerprint density at radius 3 is 2.91 bits per heavy atom. The van der Waals surface area contributed by atoms with Crippen LogP contribution < -0.4 is 9.64 Å². The van der Waals surface area contributed by atoms with E-state index in [0.29, 0.717) is 19.6 Å². The maximum Gasteiger partial charge on any atom is 0.230 e. The number of amides is 1. The molecule has 0 saturated heterocycles. The number of ether oxygens (including phenoxy) is 1. The van der Waals surface area contributed by atoms with Crippen LogP contribution >= 0.6 is 0 Å². The van der Waals surface area contributed by atoms with Crippen LogP contribution in [0.4, 0.5) is 5.69 Å². The van der Waals surface area contributed by atoms with E-state index in [4.69, 9.17) is 4.74 Å². The Labute approximate surface area is 136 Å². The van der Waals surface area contributed by atoms with Gasteiger partial charge in [0.25, 0.3) is 0 Å². The standard InChI is InChI=1S/C17H22N4O2/c1-11(9-14-12(2)19-20(4)13(14)3)17(22)21-7-8-23-16-5-6-18-10-15(16)21/h5-6,10-11H,7-9H2,1-4H3/t11-/m1/s1. The molecule has 3 heterocycles. The number of nitrogens with zero attached hydrogens (tertiary/aromatic N) is 4. The summed E-state index contributed by atoms with van der Waals surface area (Å²) in [5.41, 5.74) is 4.03. The fourth-order valence-corrected chi connectivity index (χ4v) is 3.07. The maximum atomic E-state index is 12.9. The molecular weight excluding hydrogens is 292 g/mol. The van der Waals surface area contributed by atoms with Gasteiger partial charge in [0.2, 0.25) is 5.91 Å². The van der Waals surface area contributed by atoms with E-state index >= 15 is 0 Å². The zero-order chi connectivity index (χ0) is 16.6. The molecule has 0 bridgehead atoms. The number of hydrogen-bond donors (Lipinski definition) is 0. The van der Waals surface area contributed by atoms with Gasteiger partial charge in [0.15, 0.2) is 0 Å². The molecule has 0 aromatic carbocycles. The minimum absolute atomic E-state index is 0.102. The van der Waals surface area contributed by atoms with Crippen molar-refractivity contribution in [2.75, 3.05) is 18.1 Å². The van der Waals surface area contributed by atoms with E-state index in [1.54, 1.807) is 23.4 Å². The Balaban J connectivity index is 1.81. The molecule has 0 aliphatic carbocycles. The highest BCUT2D eigenvalue weighted by Gasteiger charge is 2.28. The molecule has 1 aliphatic heterocycles. The number of pyridine rings is 1. The van der Waals surface area contributed by atoms with E-state index < -0.39 is 0 Å². The molecule has 0 spiro atoms. The summed E-state index contributed by atoms with van der Waals surface area (Å²) in [6.45, 7) is 7.08. The van der Waals surface area contributed by atoms with Crippen molar-refractivity contribution in [2.24, 2.45) is 13.0 Å². The van der Waals surface area contributed by atoms with Gasteiger partial charge in [-0.3, -0.25) is 14.5 Å². The van der Waals surface area contributed by atoms with E-state index in [1.165, 1.54) is 0 Å². The number of carbonyl (C=O) groups is 1. The van der Waals surface area contributed by atoms with Gasteiger partial charge >= 0.3 is 0 Å². The predicted octanol–water partition coefficient (Wildman–Crippen LogP) is 2.04. The van der Waals surface area contributed by atoms with Crippen LogP contribution in [0, 0.1) is 19.8 Å². The largest absolute Gasteiger partial charge is 0.489 e. The normalized spacial score (nSPS) is 15.0. The number of rotatable bonds is 3. The molecule has 1 amide bonds. The van der Waals surface area contributed by atoms with Crippen molar-refractivity contribution in [2.45, 2.75) is 27.2 Å². The third-order valence-electron chi connectivity index (χ3n) is 4.48. The van der Waals surface area contributed by atoms with E-state index in [2.05, 4.69) is 10.1 Å². The second kappa shape index (κ2) is 6.02. The summed E-state index contributed by atoms with van der Waals surface area (Å²) in [7, 11) is 1.93. The Bertz CT molecular complexity index is 738. The predicted molar refractivity (Wildman–Crippen MR) is 87.6 cm³/mol. The first-order chi connectivity index (χ1) is 11.0. The van der Waals surface area contributed by atoms with Gasteiger partial charge in [0, 0.05) is 30.9 Å². The van der Waals surface area contributed by atoms with Gasteiger partial charge in [-0.25, -0.2) is 0 Å². The fourth-order valence-electron chi connectivity index (χ4n) is 3.07.